The third-order valence-corrected chi connectivity index (χ3v) is 6.95. The zero-order valence-corrected chi connectivity index (χ0v) is 20.5. The van der Waals surface area contributed by atoms with Crippen LogP contribution in [0.5, 0.6) is 17.5 Å². The first kappa shape index (κ1) is 22.8. The minimum Gasteiger partial charge on any atom is -0.458 e. The maximum Gasteiger partial charge on any atom is 0.317 e. The topological polar surface area (TPSA) is 113 Å². The first-order valence-corrected chi connectivity index (χ1v) is 12.3. The van der Waals surface area contributed by atoms with E-state index in [0.717, 1.165) is 29.7 Å². The molecule has 10 heteroatoms. The lowest BCUT2D eigenvalue weighted by molar-refractivity contribution is 0.1000. The van der Waals surface area contributed by atoms with Crippen LogP contribution in [0.2, 0.25) is 10.0 Å². The average molecular weight is 523 g/mol. The van der Waals surface area contributed by atoms with Crippen LogP contribution < -0.4 is 15.2 Å². The fraction of sp³-hybridized carbons (Fsp3) is 0.231. The fourth-order valence-electron chi connectivity index (χ4n) is 4.29. The Kier molecular flexibility index (Phi) is 5.78. The van der Waals surface area contributed by atoms with Gasteiger partial charge in [0.15, 0.2) is 5.75 Å². The molecule has 0 spiro atoms. The summed E-state index contributed by atoms with van der Waals surface area (Å²) in [6, 6.07) is 10.7. The highest BCUT2D eigenvalue weighted by atomic mass is 35.5. The molecule has 182 valence electrons. The number of benzene rings is 2. The highest BCUT2D eigenvalue weighted by Crippen LogP contribution is 2.46. The molecule has 0 unspecified atom stereocenters. The van der Waals surface area contributed by atoms with E-state index in [4.69, 9.17) is 42.9 Å². The third kappa shape index (κ3) is 4.27. The Morgan fingerprint density at radius 2 is 1.92 bits per heavy atom. The summed E-state index contributed by atoms with van der Waals surface area (Å²) in [5, 5.41) is 5.26. The van der Waals surface area contributed by atoms with Crippen molar-refractivity contribution in [2.45, 2.75) is 38.2 Å². The summed E-state index contributed by atoms with van der Waals surface area (Å²) >= 11 is 12.9. The Hall–Kier alpha value is -3.62. The summed E-state index contributed by atoms with van der Waals surface area (Å²) < 4.78 is 17.7. The van der Waals surface area contributed by atoms with Crippen LogP contribution in [0.3, 0.4) is 0 Å². The van der Waals surface area contributed by atoms with Gasteiger partial charge in [-0.1, -0.05) is 40.5 Å². The summed E-state index contributed by atoms with van der Waals surface area (Å²) in [6.07, 6.45) is 4.94. The van der Waals surface area contributed by atoms with Crippen molar-refractivity contribution in [1.29, 1.82) is 0 Å². The van der Waals surface area contributed by atoms with Crippen molar-refractivity contribution in [3.8, 4) is 28.8 Å². The van der Waals surface area contributed by atoms with E-state index >= 15 is 0 Å². The van der Waals surface area contributed by atoms with Crippen molar-refractivity contribution in [2.75, 3.05) is 0 Å². The van der Waals surface area contributed by atoms with Gasteiger partial charge in [-0.05, 0) is 55.5 Å². The largest absolute Gasteiger partial charge is 0.458 e. The molecule has 6 rings (SSSR count). The number of ether oxygens (including phenoxy) is 2. The highest BCUT2D eigenvalue weighted by molar-refractivity contribution is 6.39. The summed E-state index contributed by atoms with van der Waals surface area (Å²) in [7, 11) is 0. The SMILES string of the molecule is NC(=O)c1ccc2c(c1)Oc1cnc(OCc3c(-c4c(Cl)cccc4Cl)noc3C3CC3)nc1CC2. The van der Waals surface area contributed by atoms with Gasteiger partial charge in [-0.15, -0.1) is 0 Å². The molecule has 4 aromatic rings. The lowest BCUT2D eigenvalue weighted by Gasteiger charge is -2.11. The van der Waals surface area contributed by atoms with Gasteiger partial charge in [0.1, 0.15) is 23.8 Å². The quantitative estimate of drug-likeness (QED) is 0.336. The molecule has 3 heterocycles. The Balaban J connectivity index is 1.27. The molecule has 1 fully saturated rings. The van der Waals surface area contributed by atoms with Gasteiger partial charge < -0.3 is 19.7 Å². The second kappa shape index (κ2) is 9.11. The van der Waals surface area contributed by atoms with Crippen molar-refractivity contribution >= 4 is 29.1 Å². The minimum absolute atomic E-state index is 0.147. The standard InChI is InChI=1S/C26H20Cl2N4O4/c27-17-2-1-3-18(28)22(17)23-16(24(36-32-23)14-5-6-14)12-34-26-30-11-21-19(31-26)9-8-13-4-7-15(25(29)33)10-20(13)35-21/h1-4,7,10-11,14H,5-6,8-9,12H2,(H2,29,33). The molecule has 2 N–H and O–H groups in total. The zero-order chi connectivity index (χ0) is 24.8. The number of carbonyl (C=O) groups is 1. The maximum atomic E-state index is 11.6. The van der Waals surface area contributed by atoms with Gasteiger partial charge in [0.05, 0.1) is 27.5 Å². The average Bonchev–Trinajstić information content (AvgIpc) is 3.65. The van der Waals surface area contributed by atoms with Gasteiger partial charge >= 0.3 is 6.01 Å². The highest BCUT2D eigenvalue weighted by Gasteiger charge is 2.34. The third-order valence-electron chi connectivity index (χ3n) is 6.32. The van der Waals surface area contributed by atoms with E-state index in [0.29, 0.717) is 62.8 Å². The molecule has 2 aromatic heterocycles. The molecule has 0 saturated heterocycles. The number of aryl methyl sites for hydroxylation is 2. The van der Waals surface area contributed by atoms with Gasteiger partial charge in [-0.3, -0.25) is 4.79 Å². The van der Waals surface area contributed by atoms with Crippen LogP contribution >= 0.6 is 23.2 Å². The van der Waals surface area contributed by atoms with E-state index in [1.165, 1.54) is 0 Å². The molecule has 1 amide bonds. The molecule has 0 atom stereocenters. The fourth-order valence-corrected chi connectivity index (χ4v) is 4.86. The predicted octanol–water partition coefficient (Wildman–Crippen LogP) is 5.88. The molecule has 36 heavy (non-hydrogen) atoms. The molecular formula is C26H20Cl2N4O4. The number of primary amides is 1. The van der Waals surface area contributed by atoms with Crippen LogP contribution in [-0.2, 0) is 19.4 Å². The zero-order valence-electron chi connectivity index (χ0n) is 19.0. The molecule has 0 radical (unpaired) electrons. The van der Waals surface area contributed by atoms with Gasteiger partial charge in [0.25, 0.3) is 0 Å². The van der Waals surface area contributed by atoms with Crippen molar-refractivity contribution in [2.24, 2.45) is 5.73 Å². The van der Waals surface area contributed by atoms with Crippen LogP contribution in [-0.4, -0.2) is 21.0 Å². The monoisotopic (exact) mass is 522 g/mol. The molecule has 0 bridgehead atoms. The lowest BCUT2D eigenvalue weighted by Crippen LogP contribution is -2.11. The number of carbonyl (C=O) groups excluding carboxylic acids is 1. The first-order valence-electron chi connectivity index (χ1n) is 11.5. The Morgan fingerprint density at radius 1 is 1.11 bits per heavy atom. The Morgan fingerprint density at radius 3 is 2.67 bits per heavy atom. The van der Waals surface area contributed by atoms with Crippen molar-refractivity contribution < 1.29 is 18.8 Å². The minimum atomic E-state index is -0.511. The predicted molar refractivity (Wildman–Crippen MR) is 133 cm³/mol. The van der Waals surface area contributed by atoms with E-state index < -0.39 is 5.91 Å². The number of hydrogen-bond donors (Lipinski definition) is 1. The molecule has 2 aromatic carbocycles. The summed E-state index contributed by atoms with van der Waals surface area (Å²) in [4.78, 5) is 20.5. The van der Waals surface area contributed by atoms with Crippen molar-refractivity contribution in [3.63, 3.8) is 0 Å². The van der Waals surface area contributed by atoms with Crippen LogP contribution in [0.4, 0.5) is 0 Å². The molecule has 1 aliphatic carbocycles. The van der Waals surface area contributed by atoms with Gasteiger partial charge in [0, 0.05) is 17.0 Å². The van der Waals surface area contributed by atoms with Gasteiger partial charge in [-0.25, -0.2) is 0 Å². The van der Waals surface area contributed by atoms with Crippen molar-refractivity contribution in [1.82, 2.24) is 15.1 Å². The van der Waals surface area contributed by atoms with Gasteiger partial charge in [-0.2, -0.15) is 9.97 Å². The van der Waals surface area contributed by atoms with Crippen LogP contribution in [0.1, 0.15) is 51.7 Å². The number of amides is 1. The van der Waals surface area contributed by atoms with E-state index in [1.54, 1.807) is 36.5 Å². The normalized spacial score (nSPS) is 14.4. The molecule has 8 nitrogen and oxygen atoms in total. The number of aromatic nitrogens is 3. The molecular weight excluding hydrogens is 503 g/mol. The molecule has 1 aliphatic heterocycles. The van der Waals surface area contributed by atoms with E-state index in [-0.39, 0.29) is 12.6 Å². The second-order valence-corrected chi connectivity index (χ2v) is 9.60. The van der Waals surface area contributed by atoms with E-state index in [9.17, 15) is 4.79 Å². The molecule has 2 aliphatic rings. The smallest absolute Gasteiger partial charge is 0.317 e. The summed E-state index contributed by atoms with van der Waals surface area (Å²) in [6.45, 7) is 0.147. The number of fused-ring (bicyclic) bond motifs is 2. The van der Waals surface area contributed by atoms with Crippen LogP contribution in [0.25, 0.3) is 11.3 Å². The lowest BCUT2D eigenvalue weighted by atomic mass is 10.0. The van der Waals surface area contributed by atoms with Gasteiger partial charge in [0.2, 0.25) is 5.91 Å². The number of nitrogens with two attached hydrogens (primary N) is 1. The second-order valence-electron chi connectivity index (χ2n) is 8.79. The summed E-state index contributed by atoms with van der Waals surface area (Å²) in [5.74, 6) is 1.65. The number of hydrogen-bond acceptors (Lipinski definition) is 7. The van der Waals surface area contributed by atoms with Crippen molar-refractivity contribution in [3.05, 3.63) is 80.8 Å². The van der Waals surface area contributed by atoms with Crippen LogP contribution in [0, 0.1) is 0 Å². The Bertz CT molecular complexity index is 1480. The number of rotatable bonds is 6. The number of halogens is 2. The summed E-state index contributed by atoms with van der Waals surface area (Å²) in [5.41, 5.74) is 9.42. The van der Waals surface area contributed by atoms with Crippen LogP contribution in [0.15, 0.2) is 47.1 Å². The maximum absolute atomic E-state index is 11.6. The Labute approximate surface area is 216 Å². The molecule has 1 saturated carbocycles. The first-order chi connectivity index (χ1) is 17.5. The number of nitrogens with zero attached hydrogens (tertiary/aromatic N) is 3. The van der Waals surface area contributed by atoms with E-state index in [1.807, 2.05) is 6.07 Å². The van der Waals surface area contributed by atoms with E-state index in [2.05, 4.69) is 15.1 Å².